The molecule has 1 rings (SSSR count). The van der Waals surface area contributed by atoms with E-state index in [4.69, 9.17) is 0 Å². The van der Waals surface area contributed by atoms with Gasteiger partial charge in [-0.25, -0.2) is 0 Å². The monoisotopic (exact) mass is 251 g/mol. The van der Waals surface area contributed by atoms with Crippen LogP contribution in [0.1, 0.15) is 32.3 Å². The van der Waals surface area contributed by atoms with E-state index in [1.54, 1.807) is 19.1 Å². The highest BCUT2D eigenvalue weighted by atomic mass is 16.4. The van der Waals surface area contributed by atoms with Gasteiger partial charge in [0.2, 0.25) is 0 Å². The van der Waals surface area contributed by atoms with E-state index in [-0.39, 0.29) is 6.54 Å². The molecular weight excluding hydrogens is 230 g/mol. The van der Waals surface area contributed by atoms with Gasteiger partial charge in [0, 0.05) is 12.1 Å². The molecule has 0 aliphatic rings. The molecule has 0 heterocycles. The molecule has 0 aliphatic carbocycles. The second kappa shape index (κ2) is 5.98. The second-order valence-electron chi connectivity index (χ2n) is 5.08. The Bertz CT molecular complexity index is 387. The fourth-order valence-electron chi connectivity index (χ4n) is 1.55. The molecule has 0 aliphatic heterocycles. The van der Waals surface area contributed by atoms with Gasteiger partial charge in [-0.15, -0.1) is 0 Å². The number of carboxylic acid groups (broad SMARTS) is 1. The molecular formula is C14H21NO3. The van der Waals surface area contributed by atoms with E-state index in [0.717, 1.165) is 5.56 Å². The molecule has 4 heteroatoms. The number of carboxylic acids is 1. The Morgan fingerprint density at radius 2 is 1.89 bits per heavy atom. The van der Waals surface area contributed by atoms with E-state index in [0.29, 0.717) is 0 Å². The Kier molecular flexibility index (Phi) is 4.87. The maximum atomic E-state index is 11.3. The summed E-state index contributed by atoms with van der Waals surface area (Å²) in [5.41, 5.74) is 0.251. The first-order valence-corrected chi connectivity index (χ1v) is 6.05. The van der Waals surface area contributed by atoms with Gasteiger partial charge in [0.25, 0.3) is 0 Å². The van der Waals surface area contributed by atoms with Crippen molar-refractivity contribution < 1.29 is 15.0 Å². The highest BCUT2D eigenvalue weighted by Crippen LogP contribution is 2.17. The predicted octanol–water partition coefficient (Wildman–Crippen LogP) is 1.60. The lowest BCUT2D eigenvalue weighted by molar-refractivity contribution is -0.138. The fourth-order valence-corrected chi connectivity index (χ4v) is 1.55. The van der Waals surface area contributed by atoms with Gasteiger partial charge in [0.15, 0.2) is 0 Å². The molecule has 0 aromatic heterocycles. The highest BCUT2D eigenvalue weighted by Gasteiger charge is 2.27. The first kappa shape index (κ1) is 14.7. The van der Waals surface area contributed by atoms with Gasteiger partial charge in [-0.05, 0) is 26.3 Å². The van der Waals surface area contributed by atoms with Gasteiger partial charge in [-0.3, -0.25) is 4.79 Å². The van der Waals surface area contributed by atoms with E-state index in [1.807, 2.05) is 32.0 Å². The van der Waals surface area contributed by atoms with Crippen LogP contribution in [0.5, 0.6) is 0 Å². The number of benzene rings is 1. The summed E-state index contributed by atoms with van der Waals surface area (Å²) in [7, 11) is 0. The van der Waals surface area contributed by atoms with E-state index in [9.17, 15) is 15.0 Å². The Morgan fingerprint density at radius 1 is 1.33 bits per heavy atom. The standard InChI is InChI=1S/C14H21NO3/c1-10(16)14(2,3)15-9-12(13(17)18)11-7-5-4-6-8-11/h4-8,10,12,15-16H,9H2,1-3H3,(H,17,18). The summed E-state index contributed by atoms with van der Waals surface area (Å²) in [6.07, 6.45) is -0.553. The molecule has 100 valence electrons. The van der Waals surface area contributed by atoms with Crippen molar-refractivity contribution in [2.24, 2.45) is 0 Å². The summed E-state index contributed by atoms with van der Waals surface area (Å²) in [5, 5.41) is 22.0. The maximum Gasteiger partial charge on any atom is 0.312 e. The Labute approximate surface area is 108 Å². The summed E-state index contributed by atoms with van der Waals surface area (Å²) >= 11 is 0. The molecule has 0 saturated heterocycles. The zero-order chi connectivity index (χ0) is 13.8. The van der Waals surface area contributed by atoms with Crippen LogP contribution in [0.15, 0.2) is 30.3 Å². The molecule has 0 amide bonds. The van der Waals surface area contributed by atoms with Crippen LogP contribution in [0.25, 0.3) is 0 Å². The number of rotatable bonds is 6. The minimum Gasteiger partial charge on any atom is -0.481 e. The largest absolute Gasteiger partial charge is 0.481 e. The van der Waals surface area contributed by atoms with E-state index in [2.05, 4.69) is 5.32 Å². The zero-order valence-corrected chi connectivity index (χ0v) is 11.1. The molecule has 0 saturated carbocycles. The van der Waals surface area contributed by atoms with Crippen molar-refractivity contribution in [1.29, 1.82) is 0 Å². The quantitative estimate of drug-likeness (QED) is 0.718. The van der Waals surface area contributed by atoms with Gasteiger partial charge < -0.3 is 15.5 Å². The third kappa shape index (κ3) is 3.82. The molecule has 0 fully saturated rings. The fraction of sp³-hybridized carbons (Fsp3) is 0.500. The number of nitrogens with one attached hydrogen (secondary N) is 1. The van der Waals surface area contributed by atoms with Crippen molar-refractivity contribution in [2.45, 2.75) is 38.3 Å². The van der Waals surface area contributed by atoms with E-state index >= 15 is 0 Å². The van der Waals surface area contributed by atoms with Gasteiger partial charge >= 0.3 is 5.97 Å². The van der Waals surface area contributed by atoms with Crippen LogP contribution in [0.4, 0.5) is 0 Å². The Morgan fingerprint density at radius 3 is 2.33 bits per heavy atom. The maximum absolute atomic E-state index is 11.3. The van der Waals surface area contributed by atoms with Crippen LogP contribution in [0.3, 0.4) is 0 Å². The van der Waals surface area contributed by atoms with Crippen LogP contribution in [-0.2, 0) is 4.79 Å². The smallest absolute Gasteiger partial charge is 0.312 e. The van der Waals surface area contributed by atoms with Crippen LogP contribution < -0.4 is 5.32 Å². The molecule has 0 bridgehead atoms. The van der Waals surface area contributed by atoms with Crippen LogP contribution in [-0.4, -0.2) is 34.4 Å². The van der Waals surface area contributed by atoms with Crippen molar-refractivity contribution in [1.82, 2.24) is 5.32 Å². The number of hydrogen-bond acceptors (Lipinski definition) is 3. The molecule has 1 aromatic rings. The lowest BCUT2D eigenvalue weighted by atomic mass is 9.94. The van der Waals surface area contributed by atoms with Gasteiger partial charge in [0.1, 0.15) is 0 Å². The van der Waals surface area contributed by atoms with Crippen LogP contribution in [0, 0.1) is 0 Å². The summed E-state index contributed by atoms with van der Waals surface area (Å²) in [4.78, 5) is 11.3. The van der Waals surface area contributed by atoms with Crippen molar-refractivity contribution in [2.75, 3.05) is 6.54 Å². The summed E-state index contributed by atoms with van der Waals surface area (Å²) in [6, 6.07) is 9.11. The molecule has 18 heavy (non-hydrogen) atoms. The molecule has 4 nitrogen and oxygen atoms in total. The summed E-state index contributed by atoms with van der Waals surface area (Å²) in [5.74, 6) is -1.47. The Balaban J connectivity index is 2.75. The van der Waals surface area contributed by atoms with E-state index in [1.165, 1.54) is 0 Å². The predicted molar refractivity (Wildman–Crippen MR) is 70.6 cm³/mol. The topological polar surface area (TPSA) is 69.6 Å². The van der Waals surface area contributed by atoms with Crippen molar-refractivity contribution in [3.8, 4) is 0 Å². The first-order valence-electron chi connectivity index (χ1n) is 6.05. The first-order chi connectivity index (χ1) is 8.34. The van der Waals surface area contributed by atoms with Gasteiger partial charge in [-0.1, -0.05) is 30.3 Å². The van der Waals surface area contributed by atoms with Crippen molar-refractivity contribution in [3.63, 3.8) is 0 Å². The normalized spacial score (nSPS) is 15.1. The summed E-state index contributed by atoms with van der Waals surface area (Å²) in [6.45, 7) is 5.67. The molecule has 1 aromatic carbocycles. The minimum absolute atomic E-state index is 0.289. The third-order valence-electron chi connectivity index (χ3n) is 3.31. The van der Waals surface area contributed by atoms with Crippen LogP contribution >= 0.6 is 0 Å². The SMILES string of the molecule is CC(O)C(C)(C)NCC(C(=O)O)c1ccccc1. The summed E-state index contributed by atoms with van der Waals surface area (Å²) < 4.78 is 0. The van der Waals surface area contributed by atoms with Gasteiger partial charge in [0.05, 0.1) is 12.0 Å². The molecule has 0 spiro atoms. The lowest BCUT2D eigenvalue weighted by Gasteiger charge is -2.31. The number of aliphatic carboxylic acids is 1. The number of carbonyl (C=O) groups is 1. The minimum atomic E-state index is -0.866. The van der Waals surface area contributed by atoms with Crippen molar-refractivity contribution in [3.05, 3.63) is 35.9 Å². The molecule has 2 unspecified atom stereocenters. The zero-order valence-electron chi connectivity index (χ0n) is 11.1. The highest BCUT2D eigenvalue weighted by molar-refractivity contribution is 5.76. The number of hydrogen-bond donors (Lipinski definition) is 3. The van der Waals surface area contributed by atoms with Crippen LogP contribution in [0.2, 0.25) is 0 Å². The average Bonchev–Trinajstić information content (AvgIpc) is 2.29. The second-order valence-corrected chi connectivity index (χ2v) is 5.08. The van der Waals surface area contributed by atoms with Crippen molar-refractivity contribution >= 4 is 5.97 Å². The number of aliphatic hydroxyl groups is 1. The molecule has 3 N–H and O–H groups in total. The third-order valence-corrected chi connectivity index (χ3v) is 3.31. The molecule has 2 atom stereocenters. The lowest BCUT2D eigenvalue weighted by Crippen LogP contribution is -2.50. The Hall–Kier alpha value is -1.39. The van der Waals surface area contributed by atoms with Gasteiger partial charge in [-0.2, -0.15) is 0 Å². The van der Waals surface area contributed by atoms with E-state index < -0.39 is 23.5 Å². The average molecular weight is 251 g/mol. The molecule has 0 radical (unpaired) electrons. The number of aliphatic hydroxyl groups excluding tert-OH is 1.